The van der Waals surface area contributed by atoms with Gasteiger partial charge < -0.3 is 5.11 Å². The topological polar surface area (TPSA) is 54.4 Å². The summed E-state index contributed by atoms with van der Waals surface area (Å²) < 4.78 is 0. The summed E-state index contributed by atoms with van der Waals surface area (Å²) in [6, 6.07) is 0. The third kappa shape index (κ3) is 5.88. The summed E-state index contributed by atoms with van der Waals surface area (Å²) in [5.74, 6) is -2.20. The van der Waals surface area contributed by atoms with Crippen molar-refractivity contribution in [2.75, 3.05) is 0 Å². The number of carbonyl (C=O) groups excluding carboxylic acids is 1. The maximum absolute atomic E-state index is 9.54. The molecule has 0 aromatic rings. The first-order valence-electron chi connectivity index (χ1n) is 1.38. The Morgan fingerprint density at radius 1 is 1.43 bits per heavy atom. The molecule has 0 unspecified atom stereocenters. The van der Waals surface area contributed by atoms with Crippen molar-refractivity contribution in [1.29, 1.82) is 0 Å². The van der Waals surface area contributed by atoms with Crippen LogP contribution >= 0.6 is 0 Å². The molecule has 0 spiro atoms. The number of ketones is 1. The molecule has 1 radical (unpaired) electrons. The van der Waals surface area contributed by atoms with Crippen LogP contribution in [-0.4, -0.2) is 16.9 Å². The van der Waals surface area contributed by atoms with E-state index in [-0.39, 0.29) is 22.4 Å². The quantitative estimate of drug-likeness (QED) is 0.460. The van der Waals surface area contributed by atoms with Crippen LogP contribution in [-0.2, 0) is 32.0 Å². The van der Waals surface area contributed by atoms with E-state index in [2.05, 4.69) is 0 Å². The van der Waals surface area contributed by atoms with E-state index in [1.165, 1.54) is 0 Å². The molecule has 0 bridgehead atoms. The van der Waals surface area contributed by atoms with Gasteiger partial charge in [0.2, 0.25) is 5.78 Å². The van der Waals surface area contributed by atoms with Gasteiger partial charge in [-0.3, -0.25) is 4.79 Å². The van der Waals surface area contributed by atoms with Gasteiger partial charge in [-0.2, -0.15) is 0 Å². The van der Waals surface area contributed by atoms with Crippen LogP contribution in [0.1, 0.15) is 6.92 Å². The van der Waals surface area contributed by atoms with Gasteiger partial charge in [0.05, 0.1) is 0 Å². The standard InChI is InChI=1S/C3H4O3.Ag/c1-2(4)3(5)6;/h1H3,(H,5,6);. The van der Waals surface area contributed by atoms with Crippen molar-refractivity contribution in [2.45, 2.75) is 6.92 Å². The summed E-state index contributed by atoms with van der Waals surface area (Å²) in [7, 11) is 0. The van der Waals surface area contributed by atoms with E-state index in [9.17, 15) is 9.59 Å². The number of carbonyl (C=O) groups is 2. The van der Waals surface area contributed by atoms with Gasteiger partial charge in [0, 0.05) is 29.3 Å². The van der Waals surface area contributed by atoms with Crippen LogP contribution in [0.4, 0.5) is 0 Å². The zero-order valence-corrected chi connectivity index (χ0v) is 5.05. The van der Waals surface area contributed by atoms with E-state index in [0.717, 1.165) is 6.92 Å². The first-order chi connectivity index (χ1) is 2.64. The zero-order valence-electron chi connectivity index (χ0n) is 3.57. The molecule has 0 saturated heterocycles. The SMILES string of the molecule is CC(=O)C(=O)O.[Ag]. The van der Waals surface area contributed by atoms with Crippen molar-refractivity contribution in [3.63, 3.8) is 0 Å². The van der Waals surface area contributed by atoms with Gasteiger partial charge in [-0.25, -0.2) is 4.79 Å². The van der Waals surface area contributed by atoms with Gasteiger partial charge in [0.1, 0.15) is 0 Å². The zero-order chi connectivity index (χ0) is 5.15. The van der Waals surface area contributed by atoms with E-state index in [1.54, 1.807) is 0 Å². The second-order valence-electron chi connectivity index (χ2n) is 0.861. The monoisotopic (exact) mass is 195 g/mol. The number of hydrogen-bond donors (Lipinski definition) is 1. The van der Waals surface area contributed by atoms with Crippen LogP contribution in [0.15, 0.2) is 0 Å². The molecule has 0 aliphatic carbocycles. The van der Waals surface area contributed by atoms with Crippen molar-refractivity contribution < 1.29 is 37.1 Å². The van der Waals surface area contributed by atoms with Gasteiger partial charge >= 0.3 is 5.97 Å². The molecule has 0 saturated carbocycles. The molecule has 0 fully saturated rings. The van der Waals surface area contributed by atoms with E-state index in [0.29, 0.717) is 0 Å². The predicted octanol–water partition coefficient (Wildman–Crippen LogP) is -0.343. The fourth-order valence-electron chi connectivity index (χ4n) is 0. The molecule has 0 aliphatic heterocycles. The first kappa shape index (κ1) is 9.99. The summed E-state index contributed by atoms with van der Waals surface area (Å²) in [4.78, 5) is 18.9. The van der Waals surface area contributed by atoms with Crippen molar-refractivity contribution in [1.82, 2.24) is 0 Å². The number of carboxylic acid groups (broad SMARTS) is 1. The molecule has 0 rings (SSSR count). The molecular formula is C3H4AgO3. The maximum Gasteiger partial charge on any atom is 0.371 e. The van der Waals surface area contributed by atoms with Crippen LogP contribution < -0.4 is 0 Å². The van der Waals surface area contributed by atoms with Crippen LogP contribution in [0.25, 0.3) is 0 Å². The number of rotatable bonds is 1. The van der Waals surface area contributed by atoms with Gasteiger partial charge in [-0.05, 0) is 0 Å². The van der Waals surface area contributed by atoms with Gasteiger partial charge in [0.15, 0.2) is 0 Å². The van der Waals surface area contributed by atoms with Crippen LogP contribution in [0.2, 0.25) is 0 Å². The van der Waals surface area contributed by atoms with Crippen molar-refractivity contribution in [3.05, 3.63) is 0 Å². The number of hydrogen-bond acceptors (Lipinski definition) is 2. The molecule has 1 N–H and O–H groups in total. The Balaban J connectivity index is 0. The molecular weight excluding hydrogens is 192 g/mol. The molecule has 0 aliphatic rings. The third-order valence-corrected chi connectivity index (χ3v) is 0.301. The Hall–Kier alpha value is -0.120. The molecule has 0 amide bonds. The summed E-state index contributed by atoms with van der Waals surface area (Å²) >= 11 is 0. The molecule has 0 atom stereocenters. The number of aliphatic carboxylic acids is 1. The minimum atomic E-state index is -1.38. The molecule has 3 nitrogen and oxygen atoms in total. The van der Waals surface area contributed by atoms with Crippen molar-refractivity contribution >= 4 is 11.8 Å². The summed E-state index contributed by atoms with van der Waals surface area (Å²) in [5.41, 5.74) is 0. The van der Waals surface area contributed by atoms with Crippen LogP contribution in [0.5, 0.6) is 0 Å². The van der Waals surface area contributed by atoms with E-state index in [4.69, 9.17) is 5.11 Å². The van der Waals surface area contributed by atoms with E-state index in [1.807, 2.05) is 0 Å². The van der Waals surface area contributed by atoms with E-state index >= 15 is 0 Å². The Bertz CT molecular complexity index is 76.2. The maximum atomic E-state index is 9.54. The van der Waals surface area contributed by atoms with Crippen molar-refractivity contribution in [2.24, 2.45) is 0 Å². The Kier molecular flexibility index (Phi) is 5.78. The summed E-state index contributed by atoms with van der Waals surface area (Å²) in [6.45, 7) is 1.00. The average molecular weight is 196 g/mol. The van der Waals surface area contributed by atoms with Gasteiger partial charge in [0.25, 0.3) is 0 Å². The van der Waals surface area contributed by atoms with Gasteiger partial charge in [-0.1, -0.05) is 0 Å². The molecule has 0 aromatic carbocycles. The molecule has 0 aromatic heterocycles. The third-order valence-electron chi connectivity index (χ3n) is 0.301. The normalized spacial score (nSPS) is 6.43. The number of carboxylic acids is 1. The minimum Gasteiger partial charge on any atom is -0.476 e. The molecule has 7 heavy (non-hydrogen) atoms. The molecule has 45 valence electrons. The summed E-state index contributed by atoms with van der Waals surface area (Å²) in [6.07, 6.45) is 0. The second-order valence-corrected chi connectivity index (χ2v) is 0.861. The smallest absolute Gasteiger partial charge is 0.371 e. The largest absolute Gasteiger partial charge is 0.476 e. The molecule has 0 heterocycles. The Morgan fingerprint density at radius 2 is 1.57 bits per heavy atom. The predicted molar refractivity (Wildman–Crippen MR) is 18.3 cm³/mol. The Labute approximate surface area is 56.2 Å². The average Bonchev–Trinajstić information content (AvgIpc) is 1.36. The minimum absolute atomic E-state index is 0. The van der Waals surface area contributed by atoms with Crippen molar-refractivity contribution in [3.8, 4) is 0 Å². The Morgan fingerprint density at radius 3 is 1.57 bits per heavy atom. The van der Waals surface area contributed by atoms with Gasteiger partial charge in [-0.15, -0.1) is 0 Å². The fraction of sp³-hybridized carbons (Fsp3) is 0.333. The van der Waals surface area contributed by atoms with Crippen LogP contribution in [0, 0.1) is 0 Å². The summed E-state index contributed by atoms with van der Waals surface area (Å²) in [5, 5.41) is 7.64. The fourth-order valence-corrected chi connectivity index (χ4v) is 0. The second kappa shape index (κ2) is 4.05. The molecule has 4 heteroatoms. The first-order valence-corrected chi connectivity index (χ1v) is 1.38. The van der Waals surface area contributed by atoms with Crippen LogP contribution in [0.3, 0.4) is 0 Å². The number of Topliss-reactive ketones (excluding diaryl/α,β-unsaturated/α-hetero) is 1. The van der Waals surface area contributed by atoms with E-state index < -0.39 is 11.8 Å².